The van der Waals surface area contributed by atoms with Crippen molar-refractivity contribution in [3.05, 3.63) is 23.8 Å². The van der Waals surface area contributed by atoms with E-state index in [1.54, 1.807) is 18.2 Å². The minimum Gasteiger partial charge on any atom is -0.489 e. The first-order chi connectivity index (χ1) is 8.19. The molecule has 1 fully saturated rings. The number of ether oxygens (including phenoxy) is 1. The van der Waals surface area contributed by atoms with Gasteiger partial charge in [0.2, 0.25) is 0 Å². The average Bonchev–Trinajstić information content (AvgIpc) is 2.76. The first-order valence-corrected chi connectivity index (χ1v) is 5.97. The van der Waals surface area contributed by atoms with Crippen molar-refractivity contribution < 1.29 is 14.6 Å². The molecule has 2 N–H and O–H groups in total. The molecule has 1 aromatic rings. The van der Waals surface area contributed by atoms with Gasteiger partial charge in [-0.3, -0.25) is 0 Å². The van der Waals surface area contributed by atoms with Crippen LogP contribution in [-0.4, -0.2) is 23.2 Å². The molecule has 2 aliphatic rings. The molecule has 0 bridgehead atoms. The molecule has 0 amide bonds. The van der Waals surface area contributed by atoms with Gasteiger partial charge in [-0.05, 0) is 31.0 Å². The van der Waals surface area contributed by atoms with E-state index in [1.807, 2.05) is 0 Å². The Hall–Kier alpha value is -1.71. The number of aromatic carboxylic acids is 1. The molecule has 4 nitrogen and oxygen atoms in total. The minimum absolute atomic E-state index is 0.0319. The third kappa shape index (κ3) is 1.73. The third-order valence-corrected chi connectivity index (χ3v) is 3.69. The van der Waals surface area contributed by atoms with Gasteiger partial charge >= 0.3 is 5.97 Å². The van der Waals surface area contributed by atoms with Crippen molar-refractivity contribution in [1.82, 2.24) is 0 Å². The number of carbonyl (C=O) groups is 1. The molecule has 0 unspecified atom stereocenters. The number of rotatable bonds is 1. The molecule has 1 aliphatic carbocycles. The van der Waals surface area contributed by atoms with E-state index < -0.39 is 5.97 Å². The minimum atomic E-state index is -0.902. The number of hydrogen-bond donors (Lipinski definition) is 2. The lowest BCUT2D eigenvalue weighted by atomic mass is 9.96. The van der Waals surface area contributed by atoms with Crippen molar-refractivity contribution in [3.8, 4) is 5.75 Å². The molecule has 90 valence electrons. The molecule has 1 aromatic carbocycles. The number of hydrogen-bond acceptors (Lipinski definition) is 3. The van der Waals surface area contributed by atoms with E-state index in [0.717, 1.165) is 24.3 Å². The summed E-state index contributed by atoms with van der Waals surface area (Å²) in [5.41, 5.74) is 1.15. The van der Waals surface area contributed by atoms with Crippen molar-refractivity contribution in [1.29, 1.82) is 0 Å². The van der Waals surface area contributed by atoms with Crippen LogP contribution in [0.25, 0.3) is 0 Å². The predicted octanol–water partition coefficient (Wildman–Crippen LogP) is 2.50. The van der Waals surface area contributed by atoms with E-state index in [2.05, 4.69) is 5.32 Å². The first kappa shape index (κ1) is 10.4. The second-order valence-corrected chi connectivity index (χ2v) is 4.92. The van der Waals surface area contributed by atoms with Gasteiger partial charge in [-0.1, -0.05) is 12.8 Å². The molecular formula is C13H15NO3. The van der Waals surface area contributed by atoms with Gasteiger partial charge in [-0.15, -0.1) is 0 Å². The van der Waals surface area contributed by atoms with Crippen LogP contribution in [0.15, 0.2) is 18.2 Å². The molecule has 0 saturated heterocycles. The molecule has 3 rings (SSSR count). The molecule has 0 atom stereocenters. The van der Waals surface area contributed by atoms with E-state index in [4.69, 9.17) is 9.84 Å². The largest absolute Gasteiger partial charge is 0.489 e. The van der Waals surface area contributed by atoms with E-state index in [9.17, 15) is 4.79 Å². The Morgan fingerprint density at radius 1 is 1.35 bits per heavy atom. The summed E-state index contributed by atoms with van der Waals surface area (Å²) in [6.45, 7) is 0.687. The van der Waals surface area contributed by atoms with Crippen LogP contribution < -0.4 is 10.1 Å². The van der Waals surface area contributed by atoms with E-state index >= 15 is 0 Å². The van der Waals surface area contributed by atoms with Gasteiger partial charge in [0.1, 0.15) is 12.4 Å². The lowest BCUT2D eigenvalue weighted by molar-refractivity contribution is 0.0696. The van der Waals surface area contributed by atoms with Crippen molar-refractivity contribution in [2.75, 3.05) is 11.9 Å². The number of benzene rings is 1. The van der Waals surface area contributed by atoms with Crippen LogP contribution in [0, 0.1) is 0 Å². The second kappa shape index (κ2) is 3.65. The highest BCUT2D eigenvalue weighted by molar-refractivity contribution is 5.89. The Bertz CT molecular complexity index is 464. The Morgan fingerprint density at radius 2 is 2.12 bits per heavy atom. The summed E-state index contributed by atoms with van der Waals surface area (Å²) in [6, 6.07) is 4.97. The lowest BCUT2D eigenvalue weighted by Gasteiger charge is -2.36. The Kier molecular flexibility index (Phi) is 2.24. The van der Waals surface area contributed by atoms with Crippen LogP contribution in [-0.2, 0) is 0 Å². The van der Waals surface area contributed by atoms with Crippen molar-refractivity contribution >= 4 is 11.7 Å². The number of anilines is 1. The molecule has 1 heterocycles. The molecular weight excluding hydrogens is 218 g/mol. The second-order valence-electron chi connectivity index (χ2n) is 4.92. The van der Waals surface area contributed by atoms with Crippen LogP contribution in [0.3, 0.4) is 0 Å². The fourth-order valence-corrected chi connectivity index (χ4v) is 2.75. The molecule has 1 saturated carbocycles. The molecule has 1 spiro atoms. The highest BCUT2D eigenvalue weighted by atomic mass is 16.5. The highest BCUT2D eigenvalue weighted by Gasteiger charge is 2.38. The lowest BCUT2D eigenvalue weighted by Crippen LogP contribution is -2.44. The Morgan fingerprint density at radius 3 is 2.82 bits per heavy atom. The van der Waals surface area contributed by atoms with Gasteiger partial charge in [0, 0.05) is 0 Å². The summed E-state index contributed by atoms with van der Waals surface area (Å²) in [5.74, 6) is -0.145. The topological polar surface area (TPSA) is 58.6 Å². The Labute approximate surface area is 99.6 Å². The average molecular weight is 233 g/mol. The van der Waals surface area contributed by atoms with Gasteiger partial charge in [0.05, 0.1) is 16.8 Å². The van der Waals surface area contributed by atoms with E-state index in [1.165, 1.54) is 12.8 Å². The maximum absolute atomic E-state index is 10.9. The SMILES string of the molecule is O=C(O)c1ccc2c(c1)NC1(CCCC1)CO2. The zero-order valence-electron chi connectivity index (χ0n) is 9.53. The fourth-order valence-electron chi connectivity index (χ4n) is 2.75. The van der Waals surface area contributed by atoms with Gasteiger partial charge in [-0.25, -0.2) is 4.79 Å². The van der Waals surface area contributed by atoms with Gasteiger partial charge < -0.3 is 15.2 Å². The fraction of sp³-hybridized carbons (Fsp3) is 0.462. The molecule has 0 aromatic heterocycles. The quantitative estimate of drug-likeness (QED) is 0.782. The summed E-state index contributed by atoms with van der Waals surface area (Å²) in [6.07, 6.45) is 4.63. The molecule has 1 aliphatic heterocycles. The van der Waals surface area contributed by atoms with Crippen LogP contribution >= 0.6 is 0 Å². The van der Waals surface area contributed by atoms with E-state index in [-0.39, 0.29) is 5.54 Å². The maximum Gasteiger partial charge on any atom is 0.335 e. The van der Waals surface area contributed by atoms with E-state index in [0.29, 0.717) is 12.2 Å². The van der Waals surface area contributed by atoms with Crippen LogP contribution in [0.2, 0.25) is 0 Å². The first-order valence-electron chi connectivity index (χ1n) is 5.97. The number of fused-ring (bicyclic) bond motifs is 1. The van der Waals surface area contributed by atoms with Gasteiger partial charge in [-0.2, -0.15) is 0 Å². The van der Waals surface area contributed by atoms with Crippen LogP contribution in [0.1, 0.15) is 36.0 Å². The summed E-state index contributed by atoms with van der Waals surface area (Å²) >= 11 is 0. The van der Waals surface area contributed by atoms with Crippen molar-refractivity contribution in [2.45, 2.75) is 31.2 Å². The van der Waals surface area contributed by atoms with Gasteiger partial charge in [0.15, 0.2) is 0 Å². The standard InChI is InChI=1S/C13H15NO3/c15-12(16)9-3-4-11-10(7-9)14-13(8-17-11)5-1-2-6-13/h3-4,7,14H,1-2,5-6,8H2,(H,15,16). The van der Waals surface area contributed by atoms with Crippen molar-refractivity contribution in [3.63, 3.8) is 0 Å². The number of nitrogens with one attached hydrogen (secondary N) is 1. The predicted molar refractivity (Wildman–Crippen MR) is 63.7 cm³/mol. The van der Waals surface area contributed by atoms with Crippen LogP contribution in [0.4, 0.5) is 5.69 Å². The normalized spacial score (nSPS) is 20.5. The van der Waals surface area contributed by atoms with Crippen molar-refractivity contribution in [2.24, 2.45) is 0 Å². The molecule has 4 heteroatoms. The molecule has 0 radical (unpaired) electrons. The number of carboxylic acid groups (broad SMARTS) is 1. The summed E-state index contributed by atoms with van der Waals surface area (Å²) in [7, 11) is 0. The zero-order chi connectivity index (χ0) is 11.9. The van der Waals surface area contributed by atoms with Gasteiger partial charge in [0.25, 0.3) is 0 Å². The Balaban J connectivity index is 1.94. The monoisotopic (exact) mass is 233 g/mol. The smallest absolute Gasteiger partial charge is 0.335 e. The summed E-state index contributed by atoms with van der Waals surface area (Å²) in [4.78, 5) is 10.9. The zero-order valence-corrected chi connectivity index (χ0v) is 9.53. The molecule has 17 heavy (non-hydrogen) atoms. The summed E-state index contributed by atoms with van der Waals surface area (Å²) in [5, 5.41) is 12.5. The number of carboxylic acids is 1. The highest BCUT2D eigenvalue weighted by Crippen LogP contribution is 2.40. The maximum atomic E-state index is 10.9. The van der Waals surface area contributed by atoms with Crippen LogP contribution in [0.5, 0.6) is 5.75 Å². The summed E-state index contributed by atoms with van der Waals surface area (Å²) < 4.78 is 5.74. The third-order valence-electron chi connectivity index (χ3n) is 3.69.